The molecule has 0 radical (unpaired) electrons. The first-order valence-electron chi connectivity index (χ1n) is 5.11. The van der Waals surface area contributed by atoms with Crippen molar-refractivity contribution >= 4 is 41.0 Å². The van der Waals surface area contributed by atoms with E-state index in [1.807, 2.05) is 6.92 Å². The van der Waals surface area contributed by atoms with Crippen molar-refractivity contribution in [3.05, 3.63) is 45.8 Å². The van der Waals surface area contributed by atoms with Crippen molar-refractivity contribution in [3.63, 3.8) is 0 Å². The van der Waals surface area contributed by atoms with Crippen LogP contribution in [0.25, 0.3) is 0 Å². The van der Waals surface area contributed by atoms with Gasteiger partial charge in [-0.15, -0.1) is 0 Å². The van der Waals surface area contributed by atoms with Gasteiger partial charge >= 0.3 is 0 Å². The minimum Gasteiger partial charge on any atom is -0.339 e. The lowest BCUT2D eigenvalue weighted by atomic mass is 10.1. The Labute approximate surface area is 114 Å². The van der Waals surface area contributed by atoms with Gasteiger partial charge in [0, 0.05) is 11.3 Å². The molecule has 92 valence electrons. The van der Waals surface area contributed by atoms with Crippen molar-refractivity contribution < 1.29 is 4.79 Å². The van der Waals surface area contributed by atoms with Crippen molar-refractivity contribution in [2.24, 2.45) is 0 Å². The molecule has 0 unspecified atom stereocenters. The van der Waals surface area contributed by atoms with Crippen LogP contribution in [-0.4, -0.2) is 16.3 Å². The summed E-state index contributed by atoms with van der Waals surface area (Å²) in [6.45, 7) is 1.88. The number of aryl methyl sites for hydroxylation is 1. The molecule has 0 amide bonds. The maximum absolute atomic E-state index is 10.6. The fourth-order valence-electron chi connectivity index (χ4n) is 1.46. The van der Waals surface area contributed by atoms with Crippen molar-refractivity contribution in [1.82, 2.24) is 9.97 Å². The fourth-order valence-corrected chi connectivity index (χ4v) is 1.73. The third-order valence-corrected chi connectivity index (χ3v) is 2.81. The summed E-state index contributed by atoms with van der Waals surface area (Å²) in [6, 6.07) is 5.26. The number of aromatic nitrogens is 2. The molecule has 1 heterocycles. The first-order valence-corrected chi connectivity index (χ1v) is 5.86. The number of benzene rings is 1. The average molecular weight is 282 g/mol. The number of aldehydes is 1. The molecule has 4 nitrogen and oxygen atoms in total. The largest absolute Gasteiger partial charge is 0.339 e. The highest BCUT2D eigenvalue weighted by Gasteiger charge is 2.06. The highest BCUT2D eigenvalue weighted by atomic mass is 35.5. The van der Waals surface area contributed by atoms with Crippen LogP contribution in [0, 0.1) is 6.92 Å². The standard InChI is InChI=1S/C12H9Cl2N3O/c1-7-4-8(6-18)2-3-10(7)16-11-9(13)5-15-12(14)17-11/h2-6H,1H3,(H,15,16,17). The third kappa shape index (κ3) is 2.78. The molecule has 0 saturated carbocycles. The van der Waals surface area contributed by atoms with Crippen LogP contribution >= 0.6 is 23.2 Å². The van der Waals surface area contributed by atoms with Gasteiger partial charge in [-0.1, -0.05) is 11.6 Å². The molecule has 0 fully saturated rings. The zero-order valence-corrected chi connectivity index (χ0v) is 11.0. The van der Waals surface area contributed by atoms with E-state index in [1.54, 1.807) is 18.2 Å². The van der Waals surface area contributed by atoms with E-state index >= 15 is 0 Å². The van der Waals surface area contributed by atoms with E-state index in [0.717, 1.165) is 17.5 Å². The number of rotatable bonds is 3. The number of hydrogen-bond donors (Lipinski definition) is 1. The van der Waals surface area contributed by atoms with Crippen LogP contribution < -0.4 is 5.32 Å². The molecule has 0 bridgehead atoms. The van der Waals surface area contributed by atoms with Crippen LogP contribution in [0.5, 0.6) is 0 Å². The minimum atomic E-state index is 0.115. The maximum atomic E-state index is 10.6. The van der Waals surface area contributed by atoms with E-state index in [0.29, 0.717) is 16.4 Å². The highest BCUT2D eigenvalue weighted by molar-refractivity contribution is 6.33. The molecule has 1 aromatic carbocycles. The van der Waals surface area contributed by atoms with Crippen molar-refractivity contribution in [2.75, 3.05) is 5.32 Å². The Kier molecular flexibility index (Phi) is 3.79. The summed E-state index contributed by atoms with van der Waals surface area (Å²) in [5.74, 6) is 0.429. The second-order valence-electron chi connectivity index (χ2n) is 3.65. The van der Waals surface area contributed by atoms with E-state index in [2.05, 4.69) is 15.3 Å². The summed E-state index contributed by atoms with van der Waals surface area (Å²) in [7, 11) is 0. The molecule has 1 aromatic heterocycles. The number of nitrogens with zero attached hydrogens (tertiary/aromatic N) is 2. The molecule has 0 aliphatic rings. The molecule has 2 rings (SSSR count). The first-order chi connectivity index (χ1) is 8.60. The van der Waals surface area contributed by atoms with Gasteiger partial charge < -0.3 is 5.32 Å². The van der Waals surface area contributed by atoms with Gasteiger partial charge in [0.05, 0.1) is 6.20 Å². The van der Waals surface area contributed by atoms with Gasteiger partial charge in [0.15, 0.2) is 5.82 Å². The van der Waals surface area contributed by atoms with Crippen LogP contribution in [0.2, 0.25) is 10.3 Å². The van der Waals surface area contributed by atoms with Gasteiger partial charge in [-0.25, -0.2) is 4.98 Å². The molecular weight excluding hydrogens is 273 g/mol. The summed E-state index contributed by atoms with van der Waals surface area (Å²) in [6.07, 6.45) is 2.22. The zero-order valence-electron chi connectivity index (χ0n) is 9.45. The van der Waals surface area contributed by atoms with Crippen LogP contribution in [-0.2, 0) is 0 Å². The van der Waals surface area contributed by atoms with Crippen molar-refractivity contribution in [1.29, 1.82) is 0 Å². The average Bonchev–Trinajstić information content (AvgIpc) is 2.36. The summed E-state index contributed by atoms with van der Waals surface area (Å²) >= 11 is 11.7. The number of carbonyl (C=O) groups is 1. The topological polar surface area (TPSA) is 54.9 Å². The maximum Gasteiger partial charge on any atom is 0.224 e. The summed E-state index contributed by atoms with van der Waals surface area (Å²) in [5.41, 5.74) is 2.33. The van der Waals surface area contributed by atoms with Gasteiger partial charge in [0.25, 0.3) is 0 Å². The SMILES string of the molecule is Cc1cc(C=O)ccc1Nc1nc(Cl)ncc1Cl. The fraction of sp³-hybridized carbons (Fsp3) is 0.0833. The normalized spacial score (nSPS) is 10.2. The molecule has 0 saturated heterocycles. The molecule has 2 aromatic rings. The second kappa shape index (κ2) is 5.33. The van der Waals surface area contributed by atoms with Crippen molar-refractivity contribution in [2.45, 2.75) is 6.92 Å². The van der Waals surface area contributed by atoms with Crippen LogP contribution in [0.1, 0.15) is 15.9 Å². The quantitative estimate of drug-likeness (QED) is 0.689. The van der Waals surface area contributed by atoms with Crippen molar-refractivity contribution in [3.8, 4) is 0 Å². The Morgan fingerprint density at radius 2 is 2.11 bits per heavy atom. The Morgan fingerprint density at radius 3 is 2.78 bits per heavy atom. The summed E-state index contributed by atoms with van der Waals surface area (Å²) < 4.78 is 0. The second-order valence-corrected chi connectivity index (χ2v) is 4.40. The Balaban J connectivity index is 2.34. The number of hydrogen-bond acceptors (Lipinski definition) is 4. The van der Waals surface area contributed by atoms with Gasteiger partial charge in [0.1, 0.15) is 11.3 Å². The number of anilines is 2. The predicted molar refractivity (Wildman–Crippen MR) is 71.9 cm³/mol. The Morgan fingerprint density at radius 1 is 1.33 bits per heavy atom. The van der Waals surface area contributed by atoms with E-state index in [1.165, 1.54) is 6.20 Å². The first kappa shape index (κ1) is 12.8. The molecule has 0 aliphatic carbocycles. The number of carbonyl (C=O) groups excluding carboxylic acids is 1. The van der Waals surface area contributed by atoms with Gasteiger partial charge in [-0.2, -0.15) is 4.98 Å². The van der Waals surface area contributed by atoms with Gasteiger partial charge in [-0.3, -0.25) is 4.79 Å². The molecule has 0 aliphatic heterocycles. The molecule has 18 heavy (non-hydrogen) atoms. The molecule has 0 spiro atoms. The lowest BCUT2D eigenvalue weighted by Crippen LogP contribution is -1.98. The Bertz CT molecular complexity index is 602. The number of halogens is 2. The van der Waals surface area contributed by atoms with Gasteiger partial charge in [0.2, 0.25) is 5.28 Å². The van der Waals surface area contributed by atoms with Gasteiger partial charge in [-0.05, 0) is 42.3 Å². The molecule has 6 heteroatoms. The highest BCUT2D eigenvalue weighted by Crippen LogP contribution is 2.25. The minimum absolute atomic E-state index is 0.115. The van der Waals surface area contributed by atoms with E-state index in [-0.39, 0.29) is 5.28 Å². The van der Waals surface area contributed by atoms with Crippen LogP contribution in [0.3, 0.4) is 0 Å². The van der Waals surface area contributed by atoms with E-state index in [9.17, 15) is 4.79 Å². The smallest absolute Gasteiger partial charge is 0.224 e. The van der Waals surface area contributed by atoms with Crippen LogP contribution in [0.4, 0.5) is 11.5 Å². The van der Waals surface area contributed by atoms with Crippen LogP contribution in [0.15, 0.2) is 24.4 Å². The lowest BCUT2D eigenvalue weighted by molar-refractivity contribution is 0.112. The summed E-state index contributed by atoms with van der Waals surface area (Å²) in [4.78, 5) is 18.4. The monoisotopic (exact) mass is 281 g/mol. The van der Waals surface area contributed by atoms with E-state index < -0.39 is 0 Å². The number of nitrogens with one attached hydrogen (secondary N) is 1. The Hall–Kier alpha value is -1.65. The van der Waals surface area contributed by atoms with E-state index in [4.69, 9.17) is 23.2 Å². The predicted octanol–water partition coefficient (Wildman–Crippen LogP) is 3.65. The lowest BCUT2D eigenvalue weighted by Gasteiger charge is -2.10. The molecule has 1 N–H and O–H groups in total. The third-order valence-electron chi connectivity index (χ3n) is 2.35. The molecular formula is C12H9Cl2N3O. The molecule has 0 atom stereocenters. The summed E-state index contributed by atoms with van der Waals surface area (Å²) in [5, 5.41) is 3.54. The zero-order chi connectivity index (χ0) is 13.1.